The fraction of sp³-hybridized carbons (Fsp3) is 0.889. The average Bonchev–Trinajstić information content (AvgIpc) is 2.39. The van der Waals surface area contributed by atoms with Crippen LogP contribution in [0.5, 0.6) is 0 Å². The van der Waals surface area contributed by atoms with E-state index in [2.05, 4.69) is 51.4 Å². The molecule has 0 aromatic rings. The number of allylic oxidation sites excluding steroid dienone is 1. The van der Waals surface area contributed by atoms with Gasteiger partial charge in [0, 0.05) is 0 Å². The molecule has 0 aliphatic heterocycles. The van der Waals surface area contributed by atoms with Gasteiger partial charge in [-0.25, -0.2) is 0 Å². The van der Waals surface area contributed by atoms with E-state index >= 15 is 0 Å². The van der Waals surface area contributed by atoms with Gasteiger partial charge in [-0.15, -0.1) is 0 Å². The van der Waals surface area contributed by atoms with Gasteiger partial charge in [0.1, 0.15) is 0 Å². The van der Waals surface area contributed by atoms with Crippen LogP contribution in [0.2, 0.25) is 33.0 Å². The Morgan fingerprint density at radius 1 is 0.800 bits per heavy atom. The van der Waals surface area contributed by atoms with Crippen molar-refractivity contribution in [3.63, 3.8) is 0 Å². The molecule has 0 fully saturated rings. The molecule has 0 radical (unpaired) electrons. The maximum absolute atomic E-state index is 2.95. The van der Waals surface area contributed by atoms with Crippen molar-refractivity contribution in [2.45, 2.75) is 99.2 Å². The molecular weight excluding hydrogens is 363 g/mol. The molecule has 0 bridgehead atoms. The molecule has 120 valence electrons. The van der Waals surface area contributed by atoms with Crippen molar-refractivity contribution in [2.75, 3.05) is 0 Å². The molecule has 0 heterocycles. The van der Waals surface area contributed by atoms with Crippen LogP contribution in [0.15, 0.2) is 9.29 Å². The molecule has 0 saturated carbocycles. The standard InChI is InChI=1S/C6H13Si.3C4H9.Sn/c1-6(2)7(3,4)5;3*1-3-4-2;/h1H,2-5H3;3*1,3-4H2,2H3;. The summed E-state index contributed by atoms with van der Waals surface area (Å²) in [5.41, 5.74) is 0. The van der Waals surface area contributed by atoms with Crippen molar-refractivity contribution in [1.29, 1.82) is 0 Å². The first-order valence-electron chi connectivity index (χ1n) is 9.01. The van der Waals surface area contributed by atoms with Gasteiger partial charge in [-0.2, -0.15) is 0 Å². The van der Waals surface area contributed by atoms with E-state index in [-0.39, 0.29) is 0 Å². The Labute approximate surface area is 134 Å². The predicted octanol–water partition coefficient (Wildman–Crippen LogP) is 7.20. The van der Waals surface area contributed by atoms with E-state index in [1.54, 1.807) is 13.3 Å². The summed E-state index contributed by atoms with van der Waals surface area (Å²) in [6.07, 6.45) is 8.61. The molecular formula is C18H40SiSn. The number of hydrogen-bond donors (Lipinski definition) is 0. The third kappa shape index (κ3) is 8.26. The van der Waals surface area contributed by atoms with Crippen LogP contribution in [0.4, 0.5) is 0 Å². The van der Waals surface area contributed by atoms with E-state index in [0.717, 1.165) is 0 Å². The molecule has 0 aliphatic rings. The molecule has 0 atom stereocenters. The number of unbranched alkanes of at least 4 members (excludes halogenated alkanes) is 3. The second-order valence-corrected chi connectivity index (χ2v) is 25.9. The Kier molecular flexibility index (Phi) is 10.9. The third-order valence-corrected chi connectivity index (χ3v) is 22.7. The van der Waals surface area contributed by atoms with E-state index in [9.17, 15) is 0 Å². The first-order valence-corrected chi connectivity index (χ1v) is 20.2. The molecule has 0 N–H and O–H groups in total. The first-order chi connectivity index (χ1) is 9.31. The fourth-order valence-electron chi connectivity index (χ4n) is 2.85. The van der Waals surface area contributed by atoms with E-state index in [0.29, 0.717) is 0 Å². The van der Waals surface area contributed by atoms with E-state index in [1.807, 2.05) is 5.20 Å². The summed E-state index contributed by atoms with van der Waals surface area (Å²) in [6.45, 7) is 17.1. The SMILES string of the molecule is CCC[CH2][Sn](/[CH]=C(\C)[Si](C)(C)C)([CH2]CCC)[CH2]CCC. The number of hydrogen-bond acceptors (Lipinski definition) is 0. The summed E-state index contributed by atoms with van der Waals surface area (Å²) in [5, 5.41) is 1.82. The summed E-state index contributed by atoms with van der Waals surface area (Å²) in [5.74, 6) is 0. The van der Waals surface area contributed by atoms with Crippen molar-refractivity contribution in [2.24, 2.45) is 0 Å². The monoisotopic (exact) mass is 404 g/mol. The molecule has 0 aromatic carbocycles. The van der Waals surface area contributed by atoms with Crippen LogP contribution in [-0.2, 0) is 0 Å². The van der Waals surface area contributed by atoms with Crippen LogP contribution in [0, 0.1) is 0 Å². The quantitative estimate of drug-likeness (QED) is 0.320. The van der Waals surface area contributed by atoms with Crippen LogP contribution in [0.3, 0.4) is 0 Å². The molecule has 0 spiro atoms. The molecule has 0 aliphatic carbocycles. The molecule has 0 unspecified atom stereocenters. The zero-order valence-electron chi connectivity index (χ0n) is 15.4. The van der Waals surface area contributed by atoms with Crippen molar-refractivity contribution in [3.8, 4) is 0 Å². The van der Waals surface area contributed by atoms with E-state index in [4.69, 9.17) is 0 Å². The Morgan fingerprint density at radius 2 is 1.15 bits per heavy atom. The second kappa shape index (κ2) is 10.5. The van der Waals surface area contributed by atoms with E-state index in [1.165, 1.54) is 38.5 Å². The van der Waals surface area contributed by atoms with Gasteiger partial charge in [0.2, 0.25) is 0 Å². The van der Waals surface area contributed by atoms with Crippen molar-refractivity contribution < 1.29 is 0 Å². The maximum atomic E-state index is 2.95. The van der Waals surface area contributed by atoms with Crippen molar-refractivity contribution in [1.82, 2.24) is 0 Å². The van der Waals surface area contributed by atoms with Gasteiger partial charge < -0.3 is 0 Å². The van der Waals surface area contributed by atoms with Crippen LogP contribution >= 0.6 is 0 Å². The van der Waals surface area contributed by atoms with Gasteiger partial charge in [0.15, 0.2) is 0 Å². The summed E-state index contributed by atoms with van der Waals surface area (Å²) in [6, 6.07) is 0. The Hall–Kier alpha value is 0.756. The van der Waals surface area contributed by atoms with Gasteiger partial charge >= 0.3 is 135 Å². The molecule has 0 nitrogen and oxygen atoms in total. The zero-order chi connectivity index (χ0) is 15.6. The average molecular weight is 403 g/mol. The van der Waals surface area contributed by atoms with E-state index < -0.39 is 26.5 Å². The van der Waals surface area contributed by atoms with Crippen LogP contribution in [0.25, 0.3) is 0 Å². The third-order valence-electron chi connectivity index (χ3n) is 4.79. The Morgan fingerprint density at radius 3 is 1.40 bits per heavy atom. The summed E-state index contributed by atoms with van der Waals surface area (Å²) in [7, 11) is -1.07. The van der Waals surface area contributed by atoms with Gasteiger partial charge in [0.05, 0.1) is 0 Å². The van der Waals surface area contributed by atoms with Gasteiger partial charge in [-0.1, -0.05) is 0 Å². The zero-order valence-corrected chi connectivity index (χ0v) is 19.3. The fourth-order valence-corrected chi connectivity index (χ4v) is 24.1. The molecule has 0 amide bonds. The van der Waals surface area contributed by atoms with Gasteiger partial charge in [0.25, 0.3) is 0 Å². The Bertz CT molecular complexity index is 254. The molecule has 0 saturated heterocycles. The molecule has 0 aromatic heterocycles. The van der Waals surface area contributed by atoms with Crippen LogP contribution < -0.4 is 0 Å². The van der Waals surface area contributed by atoms with Crippen molar-refractivity contribution in [3.05, 3.63) is 9.29 Å². The summed E-state index contributed by atoms with van der Waals surface area (Å²) >= 11 is -2.01. The minimum atomic E-state index is -2.01. The second-order valence-electron chi connectivity index (χ2n) is 7.75. The summed E-state index contributed by atoms with van der Waals surface area (Å²) in [4.78, 5) is 0. The minimum absolute atomic E-state index is 1.07. The van der Waals surface area contributed by atoms with Crippen LogP contribution in [-0.4, -0.2) is 26.5 Å². The Balaban J connectivity index is 5.22. The van der Waals surface area contributed by atoms with Crippen molar-refractivity contribution >= 4 is 26.5 Å². The molecule has 0 rings (SSSR count). The molecule has 2 heteroatoms. The normalized spacial score (nSPS) is 13.8. The van der Waals surface area contributed by atoms with Crippen LogP contribution in [0.1, 0.15) is 66.2 Å². The number of rotatable bonds is 11. The van der Waals surface area contributed by atoms with Gasteiger partial charge in [-0.3, -0.25) is 0 Å². The predicted molar refractivity (Wildman–Crippen MR) is 102 cm³/mol. The summed E-state index contributed by atoms with van der Waals surface area (Å²) < 4.78 is 7.80. The molecule has 20 heavy (non-hydrogen) atoms. The van der Waals surface area contributed by atoms with Gasteiger partial charge in [-0.05, 0) is 0 Å². The topological polar surface area (TPSA) is 0 Å². The first kappa shape index (κ1) is 20.8.